The lowest BCUT2D eigenvalue weighted by Gasteiger charge is -2.11. The summed E-state index contributed by atoms with van der Waals surface area (Å²) in [6, 6.07) is 12.9. The van der Waals surface area contributed by atoms with Crippen LogP contribution in [0.1, 0.15) is 5.56 Å². The lowest BCUT2D eigenvalue weighted by atomic mass is 10.2. The van der Waals surface area contributed by atoms with Crippen molar-refractivity contribution in [1.29, 1.82) is 0 Å². The molecule has 0 aliphatic rings. The van der Waals surface area contributed by atoms with Gasteiger partial charge in [0.2, 0.25) is 0 Å². The molecule has 0 aromatic heterocycles. The molecule has 0 unspecified atom stereocenters. The number of amides is 1. The number of terminal acetylenes is 1. The fourth-order valence-electron chi connectivity index (χ4n) is 1.71. The van der Waals surface area contributed by atoms with Gasteiger partial charge in [0.25, 0.3) is 0 Å². The van der Waals surface area contributed by atoms with Crippen LogP contribution in [0.15, 0.2) is 48.5 Å². The first kappa shape index (κ1) is 15.4. The molecule has 0 spiro atoms. The van der Waals surface area contributed by atoms with Crippen LogP contribution in [0.3, 0.4) is 0 Å². The fraction of sp³-hybridized carbons (Fsp3) is 0.118. The molecule has 2 aromatic carbocycles. The van der Waals surface area contributed by atoms with Crippen molar-refractivity contribution in [1.82, 2.24) is 0 Å². The molecule has 1 N–H and O–H groups in total. The van der Waals surface area contributed by atoms with Gasteiger partial charge in [-0.15, -0.1) is 6.42 Å². The molecule has 5 heteroatoms. The van der Waals surface area contributed by atoms with E-state index in [1.54, 1.807) is 0 Å². The fourth-order valence-corrected chi connectivity index (χ4v) is 1.71. The highest BCUT2D eigenvalue weighted by atomic mass is 19.1. The van der Waals surface area contributed by atoms with Crippen LogP contribution >= 0.6 is 0 Å². The third-order valence-corrected chi connectivity index (χ3v) is 2.70. The summed E-state index contributed by atoms with van der Waals surface area (Å²) in [5, 5.41) is 2.44. The second kappa shape index (κ2) is 7.70. The Kier molecular flexibility index (Phi) is 5.38. The van der Waals surface area contributed by atoms with Crippen molar-refractivity contribution >= 4 is 11.8 Å². The van der Waals surface area contributed by atoms with Crippen LogP contribution in [0, 0.1) is 18.2 Å². The van der Waals surface area contributed by atoms with Gasteiger partial charge < -0.3 is 9.47 Å². The van der Waals surface area contributed by atoms with E-state index in [0.29, 0.717) is 0 Å². The van der Waals surface area contributed by atoms with Crippen molar-refractivity contribution in [2.45, 2.75) is 6.61 Å². The van der Waals surface area contributed by atoms with Gasteiger partial charge >= 0.3 is 6.09 Å². The van der Waals surface area contributed by atoms with E-state index in [-0.39, 0.29) is 24.7 Å². The number of rotatable bonds is 5. The summed E-state index contributed by atoms with van der Waals surface area (Å²) < 4.78 is 23.6. The highest BCUT2D eigenvalue weighted by molar-refractivity contribution is 5.86. The van der Waals surface area contributed by atoms with Gasteiger partial charge in [-0.1, -0.05) is 36.3 Å². The van der Waals surface area contributed by atoms with Gasteiger partial charge in [-0.25, -0.2) is 9.18 Å². The van der Waals surface area contributed by atoms with Gasteiger partial charge in [0.05, 0.1) is 5.69 Å². The lowest BCUT2D eigenvalue weighted by molar-refractivity contribution is 0.155. The zero-order valence-corrected chi connectivity index (χ0v) is 11.7. The minimum absolute atomic E-state index is 0.0133. The van der Waals surface area contributed by atoms with Crippen molar-refractivity contribution in [3.05, 3.63) is 59.9 Å². The summed E-state index contributed by atoms with van der Waals surface area (Å²) in [7, 11) is 0. The molecule has 0 radical (unpaired) electrons. The molecule has 4 nitrogen and oxygen atoms in total. The van der Waals surface area contributed by atoms with E-state index < -0.39 is 11.9 Å². The molecule has 112 valence electrons. The number of carbonyl (C=O) groups is 1. The number of benzene rings is 2. The molecule has 0 saturated carbocycles. The van der Waals surface area contributed by atoms with Crippen LogP contribution in [0.5, 0.6) is 5.75 Å². The molecule has 0 fully saturated rings. The highest BCUT2D eigenvalue weighted by Crippen LogP contribution is 2.25. The monoisotopic (exact) mass is 299 g/mol. The largest absolute Gasteiger partial charge is 0.479 e. The standard InChI is InChI=1S/C17H14FNO3/c1-2-10-21-16-9-8-14(18)11-15(16)19-17(20)22-12-13-6-4-3-5-7-13/h1,3-9,11H,10,12H2,(H,19,20). The first-order chi connectivity index (χ1) is 10.7. The Morgan fingerprint density at radius 3 is 2.73 bits per heavy atom. The summed E-state index contributed by atoms with van der Waals surface area (Å²) in [5.74, 6) is 2.06. The van der Waals surface area contributed by atoms with Crippen LogP contribution in [0.25, 0.3) is 0 Å². The van der Waals surface area contributed by atoms with Crippen LogP contribution in [0.2, 0.25) is 0 Å². The Morgan fingerprint density at radius 2 is 2.00 bits per heavy atom. The lowest BCUT2D eigenvalue weighted by Crippen LogP contribution is -2.14. The quantitative estimate of drug-likeness (QED) is 0.858. The predicted octanol–water partition coefficient (Wildman–Crippen LogP) is 3.59. The number of hydrogen-bond donors (Lipinski definition) is 1. The molecule has 1 amide bonds. The van der Waals surface area contributed by atoms with E-state index in [2.05, 4.69) is 11.2 Å². The summed E-state index contributed by atoms with van der Waals surface area (Å²) in [6.45, 7) is 0.127. The van der Waals surface area contributed by atoms with E-state index in [9.17, 15) is 9.18 Å². The number of hydrogen-bond acceptors (Lipinski definition) is 3. The smallest absolute Gasteiger partial charge is 0.412 e. The zero-order valence-electron chi connectivity index (χ0n) is 11.7. The van der Waals surface area contributed by atoms with Crippen molar-refractivity contribution in [3.8, 4) is 18.1 Å². The van der Waals surface area contributed by atoms with Crippen LogP contribution < -0.4 is 10.1 Å². The second-order valence-electron chi connectivity index (χ2n) is 4.32. The number of nitrogens with one attached hydrogen (secondary N) is 1. The first-order valence-electron chi connectivity index (χ1n) is 6.52. The Bertz CT molecular complexity index is 680. The molecule has 2 aromatic rings. The van der Waals surface area contributed by atoms with E-state index in [1.165, 1.54) is 12.1 Å². The van der Waals surface area contributed by atoms with E-state index in [0.717, 1.165) is 11.6 Å². The topological polar surface area (TPSA) is 47.6 Å². The van der Waals surface area contributed by atoms with Crippen LogP contribution in [0.4, 0.5) is 14.9 Å². The normalized spacial score (nSPS) is 9.64. The molecule has 22 heavy (non-hydrogen) atoms. The Morgan fingerprint density at radius 1 is 1.23 bits per heavy atom. The van der Waals surface area contributed by atoms with Crippen molar-refractivity contribution in [2.24, 2.45) is 0 Å². The molecule has 0 saturated heterocycles. The van der Waals surface area contributed by atoms with Gasteiger partial charge in [0, 0.05) is 6.07 Å². The van der Waals surface area contributed by atoms with E-state index in [1.807, 2.05) is 30.3 Å². The van der Waals surface area contributed by atoms with Crippen molar-refractivity contribution in [3.63, 3.8) is 0 Å². The number of ether oxygens (including phenoxy) is 2. The highest BCUT2D eigenvalue weighted by Gasteiger charge is 2.10. The summed E-state index contributed by atoms with van der Waals surface area (Å²) in [5.41, 5.74) is 1.01. The van der Waals surface area contributed by atoms with Gasteiger partial charge in [-0.3, -0.25) is 5.32 Å². The van der Waals surface area contributed by atoms with Crippen LogP contribution in [-0.4, -0.2) is 12.7 Å². The number of carbonyl (C=O) groups excluding carboxylic acids is 1. The van der Waals surface area contributed by atoms with Gasteiger partial charge in [-0.2, -0.15) is 0 Å². The summed E-state index contributed by atoms with van der Waals surface area (Å²) >= 11 is 0. The Hall–Kier alpha value is -3.00. The Balaban J connectivity index is 1.98. The summed E-state index contributed by atoms with van der Waals surface area (Å²) in [6.07, 6.45) is 4.40. The molecule has 0 heterocycles. The minimum atomic E-state index is -0.708. The molecule has 0 aliphatic heterocycles. The van der Waals surface area contributed by atoms with Crippen molar-refractivity contribution < 1.29 is 18.7 Å². The molecular formula is C17H14FNO3. The van der Waals surface area contributed by atoms with E-state index >= 15 is 0 Å². The molecule has 0 atom stereocenters. The maximum atomic E-state index is 13.3. The zero-order chi connectivity index (χ0) is 15.8. The average Bonchev–Trinajstić information content (AvgIpc) is 2.53. The number of halogens is 1. The minimum Gasteiger partial charge on any atom is -0.479 e. The maximum Gasteiger partial charge on any atom is 0.412 e. The molecule has 0 aliphatic carbocycles. The van der Waals surface area contributed by atoms with Crippen LogP contribution in [-0.2, 0) is 11.3 Å². The Labute approximate surface area is 127 Å². The maximum absolute atomic E-state index is 13.3. The first-order valence-corrected chi connectivity index (χ1v) is 6.52. The third-order valence-electron chi connectivity index (χ3n) is 2.70. The molecular weight excluding hydrogens is 285 g/mol. The van der Waals surface area contributed by atoms with Gasteiger partial charge in [-0.05, 0) is 17.7 Å². The molecule has 0 bridgehead atoms. The molecule has 2 rings (SSSR count). The SMILES string of the molecule is C#CCOc1ccc(F)cc1NC(=O)OCc1ccccc1. The number of anilines is 1. The van der Waals surface area contributed by atoms with Gasteiger partial charge in [0.1, 0.15) is 24.8 Å². The van der Waals surface area contributed by atoms with Crippen molar-refractivity contribution in [2.75, 3.05) is 11.9 Å². The van der Waals surface area contributed by atoms with E-state index in [4.69, 9.17) is 15.9 Å². The van der Waals surface area contributed by atoms with Gasteiger partial charge in [0.15, 0.2) is 0 Å². The summed E-state index contributed by atoms with van der Waals surface area (Å²) in [4.78, 5) is 11.8. The predicted molar refractivity (Wildman–Crippen MR) is 81.0 cm³/mol. The third kappa shape index (κ3) is 4.53. The average molecular weight is 299 g/mol. The second-order valence-corrected chi connectivity index (χ2v) is 4.32.